The van der Waals surface area contributed by atoms with Gasteiger partial charge in [0.1, 0.15) is 5.65 Å². The first-order chi connectivity index (χ1) is 15.4. The second-order valence-corrected chi connectivity index (χ2v) is 8.03. The molecule has 2 heterocycles. The van der Waals surface area contributed by atoms with Gasteiger partial charge in [-0.2, -0.15) is 0 Å². The van der Waals surface area contributed by atoms with E-state index >= 15 is 0 Å². The Balaban J connectivity index is 1.75. The Morgan fingerprint density at radius 2 is 1.13 bits per heavy atom. The maximum atomic E-state index is 5.05. The summed E-state index contributed by atoms with van der Waals surface area (Å²) < 4.78 is 2.31. The average molecular weight is 394 g/mol. The molecule has 5 aromatic carbocycles. The molecule has 2 nitrogen and oxygen atoms in total. The van der Waals surface area contributed by atoms with Crippen molar-refractivity contribution in [2.45, 2.75) is 0 Å². The molecule has 0 aliphatic rings. The van der Waals surface area contributed by atoms with Gasteiger partial charge < -0.3 is 0 Å². The summed E-state index contributed by atoms with van der Waals surface area (Å²) in [5, 5.41) is 6.22. The molecule has 2 aromatic heterocycles. The summed E-state index contributed by atoms with van der Waals surface area (Å²) in [6.45, 7) is 0. The molecule has 2 heteroatoms. The summed E-state index contributed by atoms with van der Waals surface area (Å²) in [6, 6.07) is 38.9. The van der Waals surface area contributed by atoms with Gasteiger partial charge >= 0.3 is 0 Å². The van der Waals surface area contributed by atoms with Gasteiger partial charge in [0.25, 0.3) is 0 Å². The number of hydrogen-bond donors (Lipinski definition) is 0. The van der Waals surface area contributed by atoms with Crippen molar-refractivity contribution in [1.29, 1.82) is 0 Å². The monoisotopic (exact) mass is 394 g/mol. The normalized spacial score (nSPS) is 11.9. The van der Waals surface area contributed by atoms with Gasteiger partial charge in [0.05, 0.1) is 16.6 Å². The van der Waals surface area contributed by atoms with Gasteiger partial charge in [-0.25, -0.2) is 4.98 Å². The van der Waals surface area contributed by atoms with Crippen LogP contribution in [0.5, 0.6) is 0 Å². The molecule has 0 saturated heterocycles. The number of aromatic nitrogens is 2. The molecule has 0 bridgehead atoms. The smallest absolute Gasteiger partial charge is 0.146 e. The van der Waals surface area contributed by atoms with Crippen molar-refractivity contribution in [2.75, 3.05) is 0 Å². The number of imidazole rings is 1. The van der Waals surface area contributed by atoms with Crippen LogP contribution in [-0.2, 0) is 0 Å². The molecule has 0 unspecified atom stereocenters. The number of pyridine rings is 1. The maximum Gasteiger partial charge on any atom is 0.146 e. The van der Waals surface area contributed by atoms with E-state index in [1.54, 1.807) is 0 Å². The van der Waals surface area contributed by atoms with Crippen LogP contribution < -0.4 is 0 Å². The highest BCUT2D eigenvalue weighted by Gasteiger charge is 2.16. The van der Waals surface area contributed by atoms with E-state index in [9.17, 15) is 0 Å². The molecule has 7 aromatic rings. The van der Waals surface area contributed by atoms with Crippen molar-refractivity contribution in [3.8, 4) is 11.1 Å². The third kappa shape index (κ3) is 2.25. The third-order valence-electron chi connectivity index (χ3n) is 6.36. The van der Waals surface area contributed by atoms with E-state index in [1.807, 2.05) is 0 Å². The van der Waals surface area contributed by atoms with E-state index in [0.29, 0.717) is 0 Å². The quantitative estimate of drug-likeness (QED) is 0.262. The first-order valence-electron chi connectivity index (χ1n) is 10.6. The zero-order chi connectivity index (χ0) is 20.4. The fraction of sp³-hybridized carbons (Fsp3) is 0. The Bertz CT molecular complexity index is 1780. The number of para-hydroxylation sites is 3. The van der Waals surface area contributed by atoms with Crippen LogP contribution in [0.2, 0.25) is 0 Å². The molecule has 0 saturated carbocycles. The van der Waals surface area contributed by atoms with Gasteiger partial charge in [0.2, 0.25) is 0 Å². The third-order valence-corrected chi connectivity index (χ3v) is 6.36. The minimum absolute atomic E-state index is 1.01. The van der Waals surface area contributed by atoms with Crippen LogP contribution in [0, 0.1) is 0 Å². The van der Waals surface area contributed by atoms with E-state index in [4.69, 9.17) is 4.98 Å². The van der Waals surface area contributed by atoms with Crippen LogP contribution in [0.4, 0.5) is 0 Å². The lowest BCUT2D eigenvalue weighted by Gasteiger charge is -2.14. The lowest BCUT2D eigenvalue weighted by molar-refractivity contribution is 1.31. The summed E-state index contributed by atoms with van der Waals surface area (Å²) in [5.74, 6) is 0. The average Bonchev–Trinajstić information content (AvgIpc) is 3.24. The lowest BCUT2D eigenvalue weighted by Crippen LogP contribution is -1.93. The van der Waals surface area contributed by atoms with Crippen LogP contribution in [0.1, 0.15) is 0 Å². The van der Waals surface area contributed by atoms with Crippen molar-refractivity contribution in [3.05, 3.63) is 109 Å². The minimum atomic E-state index is 1.01. The molecular formula is C29H18N2. The molecule has 0 aliphatic carbocycles. The second-order valence-electron chi connectivity index (χ2n) is 8.03. The molecule has 7 rings (SSSR count). The van der Waals surface area contributed by atoms with Gasteiger partial charge in [0.15, 0.2) is 0 Å². The number of nitrogens with zero attached hydrogens (tertiary/aromatic N) is 2. The Morgan fingerprint density at radius 3 is 2.06 bits per heavy atom. The predicted molar refractivity (Wildman–Crippen MR) is 131 cm³/mol. The van der Waals surface area contributed by atoms with Crippen LogP contribution in [0.15, 0.2) is 109 Å². The summed E-state index contributed by atoms with van der Waals surface area (Å²) in [4.78, 5) is 5.05. The largest absolute Gasteiger partial charge is 0.292 e. The van der Waals surface area contributed by atoms with Crippen LogP contribution in [0.25, 0.3) is 60.3 Å². The van der Waals surface area contributed by atoms with E-state index in [-0.39, 0.29) is 0 Å². The van der Waals surface area contributed by atoms with Crippen molar-refractivity contribution in [1.82, 2.24) is 9.38 Å². The lowest BCUT2D eigenvalue weighted by atomic mass is 9.92. The van der Waals surface area contributed by atoms with Gasteiger partial charge in [-0.15, -0.1) is 0 Å². The standard InChI is InChI=1S/C29H18N2/c1-2-11-20-19(9-1)10-7-13-21(20)22-14-8-15-24-28(22)23-12-3-5-17-26(23)31-27-18-6-4-16-25(27)30-29(24)31/h1-18H. The zero-order valence-electron chi connectivity index (χ0n) is 16.8. The van der Waals surface area contributed by atoms with E-state index in [1.165, 1.54) is 43.6 Å². The molecule has 0 N–H and O–H groups in total. The van der Waals surface area contributed by atoms with E-state index in [2.05, 4.69) is 114 Å². The number of rotatable bonds is 1. The Kier molecular flexibility index (Phi) is 3.30. The van der Waals surface area contributed by atoms with Crippen LogP contribution in [-0.4, -0.2) is 9.38 Å². The Labute approximate surface area is 179 Å². The molecule has 31 heavy (non-hydrogen) atoms. The van der Waals surface area contributed by atoms with Crippen molar-refractivity contribution < 1.29 is 0 Å². The van der Waals surface area contributed by atoms with Gasteiger partial charge in [-0.3, -0.25) is 4.40 Å². The maximum absolute atomic E-state index is 5.05. The summed E-state index contributed by atoms with van der Waals surface area (Å²) >= 11 is 0. The SMILES string of the molecule is c1ccc2c(-c3cccc4c3c3ccccc3n3c5ccccc5nc43)cccc2c1. The highest BCUT2D eigenvalue weighted by molar-refractivity contribution is 6.20. The predicted octanol–water partition coefficient (Wildman–Crippen LogP) is 7.61. The summed E-state index contributed by atoms with van der Waals surface area (Å²) in [6.07, 6.45) is 0. The molecule has 0 amide bonds. The number of benzene rings is 5. The Morgan fingerprint density at radius 1 is 0.484 bits per heavy atom. The van der Waals surface area contributed by atoms with E-state index < -0.39 is 0 Å². The van der Waals surface area contributed by atoms with Crippen molar-refractivity contribution >= 4 is 49.1 Å². The van der Waals surface area contributed by atoms with Crippen LogP contribution in [0.3, 0.4) is 0 Å². The molecule has 0 spiro atoms. The number of fused-ring (bicyclic) bond motifs is 9. The fourth-order valence-corrected chi connectivity index (χ4v) is 5.04. The molecule has 0 radical (unpaired) electrons. The van der Waals surface area contributed by atoms with Crippen molar-refractivity contribution in [2.24, 2.45) is 0 Å². The van der Waals surface area contributed by atoms with Gasteiger partial charge in [-0.1, -0.05) is 91.0 Å². The summed E-state index contributed by atoms with van der Waals surface area (Å²) in [7, 11) is 0. The molecular weight excluding hydrogens is 376 g/mol. The van der Waals surface area contributed by atoms with Crippen LogP contribution >= 0.6 is 0 Å². The van der Waals surface area contributed by atoms with E-state index in [0.717, 1.165) is 16.7 Å². The van der Waals surface area contributed by atoms with Gasteiger partial charge in [-0.05, 0) is 40.1 Å². The first kappa shape index (κ1) is 16.6. The van der Waals surface area contributed by atoms with Crippen molar-refractivity contribution in [3.63, 3.8) is 0 Å². The zero-order valence-corrected chi connectivity index (χ0v) is 16.8. The molecule has 0 aliphatic heterocycles. The summed E-state index contributed by atoms with van der Waals surface area (Å²) in [5.41, 5.74) is 6.87. The number of hydrogen-bond acceptors (Lipinski definition) is 1. The molecule has 0 fully saturated rings. The molecule has 144 valence electrons. The highest BCUT2D eigenvalue weighted by atomic mass is 15.0. The van der Waals surface area contributed by atoms with Gasteiger partial charge in [0, 0.05) is 16.2 Å². The second kappa shape index (κ2) is 6.16. The topological polar surface area (TPSA) is 17.3 Å². The minimum Gasteiger partial charge on any atom is -0.292 e. The Hall–Kier alpha value is -4.17. The highest BCUT2D eigenvalue weighted by Crippen LogP contribution is 2.40. The fourth-order valence-electron chi connectivity index (χ4n) is 5.04. The first-order valence-corrected chi connectivity index (χ1v) is 10.6. The molecule has 0 atom stereocenters.